The van der Waals surface area contributed by atoms with E-state index in [4.69, 9.17) is 14.5 Å². The number of rotatable bonds is 8. The van der Waals surface area contributed by atoms with Gasteiger partial charge in [-0.15, -0.1) is 0 Å². The highest BCUT2D eigenvalue weighted by molar-refractivity contribution is 7.07. The van der Waals surface area contributed by atoms with E-state index in [1.807, 2.05) is 91.9 Å². The fourth-order valence-electron chi connectivity index (χ4n) is 5.91. The number of allylic oxidation sites excluding steroid dienone is 1. The molecule has 5 aromatic rings. The second-order valence-corrected chi connectivity index (χ2v) is 12.4. The lowest BCUT2D eigenvalue weighted by Gasteiger charge is -2.25. The molecule has 1 aliphatic rings. The number of ether oxygens (including phenoxy) is 2. The summed E-state index contributed by atoms with van der Waals surface area (Å²) in [6.45, 7) is 8.52. The Hall–Kier alpha value is -5.21. The number of aryl methyl sites for hydroxylation is 3. The quantitative estimate of drug-likeness (QED) is 0.216. The van der Waals surface area contributed by atoms with Gasteiger partial charge in [0, 0.05) is 5.69 Å². The van der Waals surface area contributed by atoms with E-state index in [9.17, 15) is 9.59 Å². The molecule has 46 heavy (non-hydrogen) atoms. The van der Waals surface area contributed by atoms with Gasteiger partial charge in [0.2, 0.25) is 0 Å². The summed E-state index contributed by atoms with van der Waals surface area (Å²) in [6.07, 6.45) is 1.83. The number of methoxy groups -OCH3 is 1. The van der Waals surface area contributed by atoms with Crippen LogP contribution in [0.4, 0.5) is 5.69 Å². The van der Waals surface area contributed by atoms with Crippen LogP contribution in [-0.4, -0.2) is 17.6 Å². The van der Waals surface area contributed by atoms with Crippen LogP contribution in [0.5, 0.6) is 11.5 Å². The van der Waals surface area contributed by atoms with Gasteiger partial charge in [0.05, 0.1) is 29.0 Å². The van der Waals surface area contributed by atoms with Crippen LogP contribution in [0.2, 0.25) is 0 Å². The van der Waals surface area contributed by atoms with Crippen molar-refractivity contribution >= 4 is 29.0 Å². The molecule has 0 fully saturated rings. The maximum absolute atomic E-state index is 14.1. The highest BCUT2D eigenvalue weighted by Gasteiger charge is 2.32. The van der Waals surface area contributed by atoms with Crippen molar-refractivity contribution in [1.82, 2.24) is 4.57 Å². The van der Waals surface area contributed by atoms with E-state index in [2.05, 4.69) is 38.2 Å². The number of anilines is 1. The lowest BCUT2D eigenvalue weighted by atomic mass is 9.95. The van der Waals surface area contributed by atoms with E-state index in [0.29, 0.717) is 44.4 Å². The number of para-hydroxylation sites is 1. The van der Waals surface area contributed by atoms with Gasteiger partial charge in [-0.05, 0) is 85.9 Å². The molecule has 1 aromatic heterocycles. The lowest BCUT2D eigenvalue weighted by Crippen LogP contribution is -2.40. The van der Waals surface area contributed by atoms with E-state index in [-0.39, 0.29) is 11.5 Å². The molecule has 1 N–H and O–H groups in total. The molecule has 6 rings (SSSR count). The fourth-order valence-corrected chi connectivity index (χ4v) is 6.96. The minimum atomic E-state index is -0.637. The van der Waals surface area contributed by atoms with Crippen molar-refractivity contribution in [3.63, 3.8) is 0 Å². The summed E-state index contributed by atoms with van der Waals surface area (Å²) in [5.41, 5.74) is 7.80. The van der Waals surface area contributed by atoms with Crippen LogP contribution >= 0.6 is 11.3 Å². The fraction of sp³-hybridized carbons (Fsp3) is 0.184. The predicted molar refractivity (Wildman–Crippen MR) is 183 cm³/mol. The van der Waals surface area contributed by atoms with Crippen molar-refractivity contribution in [2.75, 3.05) is 12.4 Å². The van der Waals surface area contributed by atoms with Crippen LogP contribution in [0, 0.1) is 20.8 Å². The van der Waals surface area contributed by atoms with Gasteiger partial charge in [-0.3, -0.25) is 14.2 Å². The highest BCUT2D eigenvalue weighted by Crippen LogP contribution is 2.32. The average Bonchev–Trinajstić information content (AvgIpc) is 3.34. The number of fused-ring (bicyclic) bond motifs is 1. The van der Waals surface area contributed by atoms with Crippen LogP contribution in [-0.2, 0) is 11.4 Å². The molecule has 4 aromatic carbocycles. The van der Waals surface area contributed by atoms with Crippen LogP contribution < -0.4 is 29.7 Å². The summed E-state index contributed by atoms with van der Waals surface area (Å²) in [7, 11) is 1.60. The predicted octanol–water partition coefficient (Wildman–Crippen LogP) is 6.39. The second-order valence-electron chi connectivity index (χ2n) is 11.4. The topological polar surface area (TPSA) is 81.9 Å². The van der Waals surface area contributed by atoms with Crippen LogP contribution in [0.25, 0.3) is 6.08 Å². The second kappa shape index (κ2) is 13.0. The smallest absolute Gasteiger partial charge is 0.271 e. The third-order valence-corrected chi connectivity index (χ3v) is 9.09. The van der Waals surface area contributed by atoms with Crippen LogP contribution in [0.15, 0.2) is 112 Å². The first-order valence-corrected chi connectivity index (χ1v) is 15.9. The first kappa shape index (κ1) is 30.8. The molecule has 1 aliphatic heterocycles. The van der Waals surface area contributed by atoms with Crippen LogP contribution in [0.3, 0.4) is 0 Å². The number of aromatic nitrogens is 1. The SMILES string of the molecule is COc1cc(/C=c2\sc3n(c2=O)[C@H](c2ccccc2)C(C(=O)Nc2ccccc2)=C(C)N=3)ccc1OCc1c(C)cc(C)cc1C. The Labute approximate surface area is 271 Å². The standard InChI is InChI=1S/C38H35N3O4S/c1-23-18-24(2)30(25(3)19-23)22-45-31-17-16-27(20-32(31)44-5)21-33-37(43)41-35(28-12-8-6-9-13-28)34(26(4)39-38(41)46-33)36(42)40-29-14-10-7-11-15-29/h6-21,35H,22H2,1-5H3,(H,40,42)/b33-21-/t35-/m1/s1. The first-order valence-electron chi connectivity index (χ1n) is 15.0. The summed E-state index contributed by atoms with van der Waals surface area (Å²) in [4.78, 5) is 33.1. The summed E-state index contributed by atoms with van der Waals surface area (Å²) in [5.74, 6) is 0.892. The largest absolute Gasteiger partial charge is 0.493 e. The number of carbonyl (C=O) groups excluding carboxylic acids is 1. The molecular weight excluding hydrogens is 595 g/mol. The summed E-state index contributed by atoms with van der Waals surface area (Å²) >= 11 is 1.30. The van der Waals surface area contributed by atoms with Gasteiger partial charge in [-0.1, -0.05) is 83.6 Å². The molecule has 0 saturated heterocycles. The van der Waals surface area contributed by atoms with E-state index >= 15 is 0 Å². The normalized spacial score (nSPS) is 14.5. The number of amides is 1. The molecule has 0 bridgehead atoms. The number of benzene rings is 4. The van der Waals surface area contributed by atoms with E-state index < -0.39 is 6.04 Å². The minimum Gasteiger partial charge on any atom is -0.493 e. The Morgan fingerprint density at radius 3 is 2.26 bits per heavy atom. The van der Waals surface area contributed by atoms with Gasteiger partial charge in [-0.2, -0.15) is 0 Å². The van der Waals surface area contributed by atoms with Gasteiger partial charge < -0.3 is 14.8 Å². The molecule has 1 atom stereocenters. The van der Waals surface area contributed by atoms with Crippen molar-refractivity contribution in [3.8, 4) is 11.5 Å². The lowest BCUT2D eigenvalue weighted by molar-refractivity contribution is -0.113. The number of carbonyl (C=O) groups is 1. The zero-order valence-electron chi connectivity index (χ0n) is 26.5. The summed E-state index contributed by atoms with van der Waals surface area (Å²) < 4.78 is 14.0. The maximum Gasteiger partial charge on any atom is 0.271 e. The van der Waals surface area contributed by atoms with Crippen molar-refractivity contribution in [1.29, 1.82) is 0 Å². The van der Waals surface area contributed by atoms with Gasteiger partial charge in [-0.25, -0.2) is 4.99 Å². The molecule has 7 nitrogen and oxygen atoms in total. The van der Waals surface area contributed by atoms with Gasteiger partial charge in [0.15, 0.2) is 16.3 Å². The number of thiazole rings is 1. The van der Waals surface area contributed by atoms with Crippen molar-refractivity contribution in [3.05, 3.63) is 155 Å². The Morgan fingerprint density at radius 2 is 1.59 bits per heavy atom. The highest BCUT2D eigenvalue weighted by atomic mass is 32.1. The third-order valence-electron chi connectivity index (χ3n) is 8.11. The van der Waals surface area contributed by atoms with E-state index in [1.54, 1.807) is 11.7 Å². The Balaban J connectivity index is 1.36. The van der Waals surface area contributed by atoms with Gasteiger partial charge in [0.1, 0.15) is 6.61 Å². The molecule has 1 amide bonds. The van der Waals surface area contributed by atoms with Crippen molar-refractivity contribution in [2.24, 2.45) is 4.99 Å². The average molecular weight is 630 g/mol. The Morgan fingerprint density at radius 1 is 0.913 bits per heavy atom. The summed E-state index contributed by atoms with van der Waals surface area (Å²) in [5, 5.41) is 2.98. The molecule has 2 heterocycles. The van der Waals surface area contributed by atoms with E-state index in [1.165, 1.54) is 28.0 Å². The summed E-state index contributed by atoms with van der Waals surface area (Å²) in [6, 6.07) is 28.2. The van der Waals surface area contributed by atoms with Crippen molar-refractivity contribution < 1.29 is 14.3 Å². The Bertz CT molecular complexity index is 2120. The molecule has 0 saturated carbocycles. The van der Waals surface area contributed by atoms with E-state index in [0.717, 1.165) is 16.7 Å². The molecule has 0 radical (unpaired) electrons. The zero-order chi connectivity index (χ0) is 32.4. The molecule has 0 spiro atoms. The van der Waals surface area contributed by atoms with Crippen LogP contribution in [0.1, 0.15) is 46.3 Å². The molecular formula is C38H35N3O4S. The van der Waals surface area contributed by atoms with Gasteiger partial charge in [0.25, 0.3) is 11.5 Å². The molecule has 8 heteroatoms. The Kier molecular flexibility index (Phi) is 8.72. The first-order chi connectivity index (χ1) is 22.2. The molecule has 0 aliphatic carbocycles. The number of nitrogens with one attached hydrogen (secondary N) is 1. The van der Waals surface area contributed by atoms with Crippen molar-refractivity contribution in [2.45, 2.75) is 40.3 Å². The maximum atomic E-state index is 14.1. The molecule has 232 valence electrons. The molecule has 0 unspecified atom stereocenters. The third kappa shape index (κ3) is 6.17. The van der Waals surface area contributed by atoms with Gasteiger partial charge >= 0.3 is 0 Å². The minimum absolute atomic E-state index is 0.222. The monoisotopic (exact) mass is 629 g/mol. The number of nitrogens with zero attached hydrogens (tertiary/aromatic N) is 2. The number of hydrogen-bond donors (Lipinski definition) is 1. The number of hydrogen-bond acceptors (Lipinski definition) is 6. The zero-order valence-corrected chi connectivity index (χ0v) is 27.3.